The first-order chi connectivity index (χ1) is 17.2. The molecule has 4 unspecified atom stereocenters. The minimum atomic E-state index is -0.169. The Labute approximate surface area is 211 Å². The van der Waals surface area contributed by atoms with Crippen molar-refractivity contribution in [2.24, 2.45) is 17.8 Å². The molecule has 2 aromatic carbocycles. The van der Waals surface area contributed by atoms with Crippen molar-refractivity contribution in [3.8, 4) is 0 Å². The number of hydrogen-bond donors (Lipinski definition) is 1. The van der Waals surface area contributed by atoms with Crippen LogP contribution in [0, 0.1) is 17.8 Å². The Kier molecular flexibility index (Phi) is 5.10. The number of thioether (sulfide) groups is 1. The second-order valence-corrected chi connectivity index (χ2v) is 12.1. The summed E-state index contributed by atoms with van der Waals surface area (Å²) in [5.74, 6) is 2.00. The predicted octanol–water partition coefficient (Wildman–Crippen LogP) is 5.75. The SMILES string of the molecule is O=C(Cn1c2c(sc1=O)[C@H](c1cccnc1)C1C3CCC(C3)C1S2)Nc1cccc2ccccc12. The van der Waals surface area contributed by atoms with Crippen molar-refractivity contribution >= 4 is 45.5 Å². The Hall–Kier alpha value is -2.90. The molecule has 5 atom stereocenters. The van der Waals surface area contributed by atoms with Crippen LogP contribution in [0.3, 0.4) is 0 Å². The van der Waals surface area contributed by atoms with Gasteiger partial charge >= 0.3 is 4.87 Å². The third-order valence-electron chi connectivity index (χ3n) is 8.10. The van der Waals surface area contributed by atoms with Crippen molar-refractivity contribution in [3.63, 3.8) is 0 Å². The van der Waals surface area contributed by atoms with E-state index in [1.165, 1.54) is 36.2 Å². The molecule has 1 amide bonds. The zero-order chi connectivity index (χ0) is 23.5. The summed E-state index contributed by atoms with van der Waals surface area (Å²) in [6.07, 6.45) is 7.64. The standard InChI is InChI=1S/C28H25N3O2S2/c32-22(30-21-9-3-6-16-5-1-2-8-20(16)21)15-31-27-26(35-28(31)33)24(19-7-4-12-29-14-19)23-17-10-11-18(13-17)25(23)34-27/h1-9,12,14,17-18,23-25H,10-11,13,15H2,(H,30,32)/t17?,18?,23?,24-,25?/m1/s1. The van der Waals surface area contributed by atoms with Crippen molar-refractivity contribution in [3.05, 3.63) is 87.1 Å². The molecule has 2 aromatic heterocycles. The molecule has 0 spiro atoms. The van der Waals surface area contributed by atoms with Crippen molar-refractivity contribution in [2.45, 2.75) is 42.0 Å². The van der Waals surface area contributed by atoms with Crippen LogP contribution in [-0.2, 0) is 11.3 Å². The van der Waals surface area contributed by atoms with E-state index < -0.39 is 0 Å². The van der Waals surface area contributed by atoms with Crippen molar-refractivity contribution < 1.29 is 4.79 Å². The Balaban J connectivity index is 1.24. The molecule has 176 valence electrons. The summed E-state index contributed by atoms with van der Waals surface area (Å²) in [6.45, 7) is 0.0339. The largest absolute Gasteiger partial charge is 0.324 e. The summed E-state index contributed by atoms with van der Waals surface area (Å²) in [5, 5.41) is 6.64. The maximum absolute atomic E-state index is 13.3. The number of nitrogens with one attached hydrogen (secondary N) is 1. The van der Waals surface area contributed by atoms with E-state index in [1.54, 1.807) is 4.57 Å². The third kappa shape index (κ3) is 3.47. The summed E-state index contributed by atoms with van der Waals surface area (Å²) in [6, 6.07) is 18.0. The molecule has 2 bridgehead atoms. The molecule has 7 heteroatoms. The van der Waals surface area contributed by atoms with E-state index in [2.05, 4.69) is 16.4 Å². The number of nitrogens with zero attached hydrogens (tertiary/aromatic N) is 2. The molecule has 35 heavy (non-hydrogen) atoms. The Morgan fingerprint density at radius 3 is 2.80 bits per heavy atom. The van der Waals surface area contributed by atoms with E-state index in [1.807, 2.05) is 72.7 Å². The first-order valence-corrected chi connectivity index (χ1v) is 13.9. The number of pyridine rings is 1. The van der Waals surface area contributed by atoms with E-state index in [9.17, 15) is 9.59 Å². The van der Waals surface area contributed by atoms with E-state index in [0.29, 0.717) is 17.1 Å². The number of amides is 1. The maximum atomic E-state index is 13.3. The number of thiazole rings is 1. The first-order valence-electron chi connectivity index (χ1n) is 12.2. The van der Waals surface area contributed by atoms with Gasteiger partial charge in [-0.25, -0.2) is 0 Å². The van der Waals surface area contributed by atoms with Gasteiger partial charge in [0, 0.05) is 39.5 Å². The zero-order valence-electron chi connectivity index (χ0n) is 19.1. The predicted molar refractivity (Wildman–Crippen MR) is 141 cm³/mol. The molecule has 1 N–H and O–H groups in total. The van der Waals surface area contributed by atoms with E-state index in [4.69, 9.17) is 0 Å². The molecule has 2 fully saturated rings. The van der Waals surface area contributed by atoms with E-state index >= 15 is 0 Å². The highest BCUT2D eigenvalue weighted by molar-refractivity contribution is 8.00. The van der Waals surface area contributed by atoms with Crippen molar-refractivity contribution in [1.29, 1.82) is 0 Å². The van der Waals surface area contributed by atoms with Gasteiger partial charge in [-0.3, -0.25) is 19.1 Å². The van der Waals surface area contributed by atoms with Gasteiger partial charge < -0.3 is 5.32 Å². The van der Waals surface area contributed by atoms with Crippen LogP contribution in [-0.4, -0.2) is 20.7 Å². The molecular formula is C28H25N3O2S2. The van der Waals surface area contributed by atoms with Gasteiger partial charge in [0.05, 0.1) is 5.03 Å². The quantitative estimate of drug-likeness (QED) is 0.388. The lowest BCUT2D eigenvalue weighted by Gasteiger charge is -2.40. The molecule has 4 aromatic rings. The van der Waals surface area contributed by atoms with Gasteiger partial charge in [0.15, 0.2) is 0 Å². The van der Waals surface area contributed by atoms with Crippen molar-refractivity contribution in [2.75, 3.05) is 5.32 Å². The van der Waals surface area contributed by atoms with Crippen LogP contribution in [0.15, 0.2) is 76.8 Å². The van der Waals surface area contributed by atoms with Crippen LogP contribution in [0.2, 0.25) is 0 Å². The second kappa shape index (κ2) is 8.35. The summed E-state index contributed by atoms with van der Waals surface area (Å²) in [7, 11) is 0. The number of benzene rings is 2. The van der Waals surface area contributed by atoms with Crippen LogP contribution in [0.1, 0.15) is 35.6 Å². The van der Waals surface area contributed by atoms with Gasteiger partial charge in [-0.1, -0.05) is 53.8 Å². The van der Waals surface area contributed by atoms with Crippen LogP contribution in [0.25, 0.3) is 10.8 Å². The lowest BCUT2D eigenvalue weighted by atomic mass is 9.75. The fourth-order valence-corrected chi connectivity index (χ4v) is 9.84. The van der Waals surface area contributed by atoms with E-state index in [-0.39, 0.29) is 23.2 Å². The molecule has 3 heterocycles. The summed E-state index contributed by atoms with van der Waals surface area (Å²) in [5.41, 5.74) is 1.98. The molecule has 1 aliphatic heterocycles. The average Bonchev–Trinajstić information content (AvgIpc) is 3.58. The number of anilines is 1. The van der Waals surface area contributed by atoms with Gasteiger partial charge in [0.1, 0.15) is 6.54 Å². The topological polar surface area (TPSA) is 64.0 Å². The average molecular weight is 500 g/mol. The fourth-order valence-electron chi connectivity index (χ4n) is 6.69. The Bertz CT molecular complexity index is 1490. The van der Waals surface area contributed by atoms with Crippen molar-refractivity contribution in [1.82, 2.24) is 9.55 Å². The van der Waals surface area contributed by atoms with Gasteiger partial charge in [0.2, 0.25) is 5.91 Å². The number of aromatic nitrogens is 2. The van der Waals surface area contributed by atoms with Gasteiger partial charge in [-0.05, 0) is 60.1 Å². The normalized spacial score (nSPS) is 26.5. The molecule has 5 nitrogen and oxygen atoms in total. The minimum Gasteiger partial charge on any atom is -0.324 e. The maximum Gasteiger partial charge on any atom is 0.308 e. The number of carbonyl (C=O) groups is 1. The molecule has 3 aliphatic rings. The highest BCUT2D eigenvalue weighted by Crippen LogP contribution is 2.63. The lowest BCUT2D eigenvalue weighted by molar-refractivity contribution is -0.116. The summed E-state index contributed by atoms with van der Waals surface area (Å²) < 4.78 is 1.72. The van der Waals surface area contributed by atoms with Gasteiger partial charge in [-0.2, -0.15) is 0 Å². The Morgan fingerprint density at radius 1 is 1.06 bits per heavy atom. The molecule has 2 aliphatic carbocycles. The zero-order valence-corrected chi connectivity index (χ0v) is 20.7. The highest BCUT2D eigenvalue weighted by atomic mass is 32.2. The lowest BCUT2D eigenvalue weighted by Crippen LogP contribution is -2.34. The summed E-state index contributed by atoms with van der Waals surface area (Å²) in [4.78, 5) is 31.9. The monoisotopic (exact) mass is 499 g/mol. The fraction of sp³-hybridized carbons (Fsp3) is 0.321. The molecule has 0 saturated heterocycles. The molecular weight excluding hydrogens is 474 g/mol. The van der Waals surface area contributed by atoms with Crippen LogP contribution in [0.5, 0.6) is 0 Å². The van der Waals surface area contributed by atoms with Gasteiger partial charge in [0.25, 0.3) is 0 Å². The smallest absolute Gasteiger partial charge is 0.308 e. The third-order valence-corrected chi connectivity index (χ3v) is 10.9. The minimum absolute atomic E-state index is 0.0339. The number of rotatable bonds is 4. The molecule has 0 radical (unpaired) electrons. The van der Waals surface area contributed by atoms with E-state index in [0.717, 1.165) is 32.3 Å². The summed E-state index contributed by atoms with van der Waals surface area (Å²) >= 11 is 3.19. The number of fused-ring (bicyclic) bond motifs is 7. The first kappa shape index (κ1) is 21.4. The van der Waals surface area contributed by atoms with Crippen LogP contribution in [0.4, 0.5) is 5.69 Å². The molecule has 7 rings (SSSR count). The Morgan fingerprint density at radius 2 is 1.91 bits per heavy atom. The number of carbonyl (C=O) groups excluding carboxylic acids is 1. The number of hydrogen-bond acceptors (Lipinski definition) is 5. The second-order valence-electron chi connectivity index (χ2n) is 9.96. The highest BCUT2D eigenvalue weighted by Gasteiger charge is 2.55. The van der Waals surface area contributed by atoms with Crippen LogP contribution < -0.4 is 10.2 Å². The molecule has 2 saturated carbocycles. The van der Waals surface area contributed by atoms with Gasteiger partial charge in [-0.15, -0.1) is 11.8 Å². The van der Waals surface area contributed by atoms with Crippen LogP contribution >= 0.6 is 23.1 Å².